The third kappa shape index (κ3) is 3.12. The van der Waals surface area contributed by atoms with Crippen LogP contribution in [0.15, 0.2) is 11.6 Å². The molecule has 1 atom stereocenters. The van der Waals surface area contributed by atoms with E-state index < -0.39 is 0 Å². The van der Waals surface area contributed by atoms with Crippen LogP contribution in [0.3, 0.4) is 0 Å². The molecule has 0 aromatic rings. The molecule has 2 heteroatoms. The summed E-state index contributed by atoms with van der Waals surface area (Å²) in [6.45, 7) is 6.02. The zero-order valence-corrected chi connectivity index (χ0v) is 8.81. The summed E-state index contributed by atoms with van der Waals surface area (Å²) in [5, 5.41) is 0. The van der Waals surface area contributed by atoms with E-state index in [2.05, 4.69) is 19.9 Å². The lowest BCUT2D eigenvalue weighted by Crippen LogP contribution is -2.33. The van der Waals surface area contributed by atoms with Crippen LogP contribution >= 0.6 is 0 Å². The fourth-order valence-corrected chi connectivity index (χ4v) is 1.74. The molecule has 0 amide bonds. The van der Waals surface area contributed by atoms with Crippen molar-refractivity contribution in [3.8, 4) is 0 Å². The highest BCUT2D eigenvalue weighted by Crippen LogP contribution is 2.31. The molecule has 1 aliphatic rings. The van der Waals surface area contributed by atoms with Gasteiger partial charge in [-0.2, -0.15) is 0 Å². The van der Waals surface area contributed by atoms with Crippen LogP contribution in [0.25, 0.3) is 0 Å². The van der Waals surface area contributed by atoms with Crippen LogP contribution in [0.4, 0.5) is 0 Å². The van der Waals surface area contributed by atoms with Gasteiger partial charge in [0.1, 0.15) is 0 Å². The van der Waals surface area contributed by atoms with E-state index in [1.807, 2.05) is 0 Å². The van der Waals surface area contributed by atoms with E-state index in [0.29, 0.717) is 0 Å². The second kappa shape index (κ2) is 4.77. The molecule has 0 spiro atoms. The monoisotopic (exact) mass is 183 g/mol. The minimum Gasteiger partial charge on any atom is -0.375 e. The van der Waals surface area contributed by atoms with E-state index in [0.717, 1.165) is 38.8 Å². The van der Waals surface area contributed by atoms with E-state index in [9.17, 15) is 0 Å². The van der Waals surface area contributed by atoms with E-state index in [1.165, 1.54) is 5.57 Å². The molecule has 1 unspecified atom stereocenters. The van der Waals surface area contributed by atoms with E-state index in [1.54, 1.807) is 0 Å². The maximum atomic E-state index is 5.75. The topological polar surface area (TPSA) is 35.2 Å². The number of nitrogens with two attached hydrogens (primary N) is 1. The second-order valence-electron chi connectivity index (χ2n) is 4.02. The Hall–Kier alpha value is -0.340. The normalized spacial score (nSPS) is 32.4. The Morgan fingerprint density at radius 3 is 3.00 bits per heavy atom. The number of ether oxygens (including phenoxy) is 1. The maximum Gasteiger partial charge on any atom is 0.0689 e. The largest absolute Gasteiger partial charge is 0.375 e. The number of hydrogen-bond acceptors (Lipinski definition) is 2. The summed E-state index contributed by atoms with van der Waals surface area (Å²) in [6.07, 6.45) is 6.57. The molecule has 0 radical (unpaired) electrons. The molecule has 2 N–H and O–H groups in total. The van der Waals surface area contributed by atoms with Crippen molar-refractivity contribution in [1.29, 1.82) is 0 Å². The van der Waals surface area contributed by atoms with Gasteiger partial charge in [-0.05, 0) is 39.2 Å². The molecule has 1 fully saturated rings. The van der Waals surface area contributed by atoms with Gasteiger partial charge in [0.25, 0.3) is 0 Å². The van der Waals surface area contributed by atoms with Crippen LogP contribution in [0.5, 0.6) is 0 Å². The van der Waals surface area contributed by atoms with Crippen LogP contribution in [-0.4, -0.2) is 18.8 Å². The third-order valence-electron chi connectivity index (χ3n) is 2.82. The predicted octanol–water partition coefficient (Wildman–Crippen LogP) is 2.24. The fourth-order valence-electron chi connectivity index (χ4n) is 1.74. The van der Waals surface area contributed by atoms with Gasteiger partial charge in [-0.15, -0.1) is 0 Å². The first-order valence-corrected chi connectivity index (χ1v) is 5.22. The Morgan fingerprint density at radius 1 is 1.62 bits per heavy atom. The molecule has 1 rings (SSSR count). The van der Waals surface area contributed by atoms with Crippen molar-refractivity contribution in [3.63, 3.8) is 0 Å². The molecular formula is C11H21NO. The Labute approximate surface area is 81.1 Å². The summed E-state index contributed by atoms with van der Waals surface area (Å²) in [7, 11) is 0. The summed E-state index contributed by atoms with van der Waals surface area (Å²) in [5.41, 5.74) is 7.08. The van der Waals surface area contributed by atoms with Gasteiger partial charge in [0.15, 0.2) is 0 Å². The van der Waals surface area contributed by atoms with E-state index in [4.69, 9.17) is 10.5 Å². The highest BCUT2D eigenvalue weighted by Gasteiger charge is 2.27. The van der Waals surface area contributed by atoms with Gasteiger partial charge < -0.3 is 10.5 Å². The van der Waals surface area contributed by atoms with Crippen molar-refractivity contribution in [2.45, 2.75) is 45.1 Å². The molecule has 0 aromatic heterocycles. The summed E-state index contributed by atoms with van der Waals surface area (Å²) >= 11 is 0. The molecule has 76 valence electrons. The average Bonchev–Trinajstić information content (AvgIpc) is 2.15. The van der Waals surface area contributed by atoms with Crippen molar-refractivity contribution in [2.24, 2.45) is 5.73 Å². The van der Waals surface area contributed by atoms with Crippen molar-refractivity contribution in [3.05, 3.63) is 11.6 Å². The predicted molar refractivity (Wildman–Crippen MR) is 55.6 cm³/mol. The van der Waals surface area contributed by atoms with Crippen molar-refractivity contribution >= 4 is 0 Å². The minimum absolute atomic E-state index is 0.0820. The lowest BCUT2D eigenvalue weighted by molar-refractivity contribution is -0.0499. The maximum absolute atomic E-state index is 5.75. The molecule has 1 heterocycles. The van der Waals surface area contributed by atoms with Crippen molar-refractivity contribution in [1.82, 2.24) is 0 Å². The lowest BCUT2D eigenvalue weighted by atomic mass is 9.89. The van der Waals surface area contributed by atoms with Crippen LogP contribution in [0.1, 0.15) is 39.5 Å². The number of rotatable bonds is 3. The average molecular weight is 183 g/mol. The molecule has 0 saturated carbocycles. The van der Waals surface area contributed by atoms with Gasteiger partial charge in [-0.3, -0.25) is 0 Å². The molecule has 13 heavy (non-hydrogen) atoms. The first kappa shape index (κ1) is 10.7. The summed E-state index contributed by atoms with van der Waals surface area (Å²) in [4.78, 5) is 0. The highest BCUT2D eigenvalue weighted by molar-refractivity contribution is 5.09. The first-order valence-electron chi connectivity index (χ1n) is 5.22. The molecule has 0 bridgehead atoms. The van der Waals surface area contributed by atoms with Gasteiger partial charge >= 0.3 is 0 Å². The second-order valence-corrected chi connectivity index (χ2v) is 4.02. The molecule has 0 aliphatic carbocycles. The van der Waals surface area contributed by atoms with Crippen LogP contribution < -0.4 is 5.73 Å². The fraction of sp³-hybridized carbons (Fsp3) is 0.818. The number of hydrogen-bond donors (Lipinski definition) is 1. The van der Waals surface area contributed by atoms with Crippen LogP contribution in [0, 0.1) is 0 Å². The Morgan fingerprint density at radius 2 is 2.38 bits per heavy atom. The zero-order chi connectivity index (χ0) is 9.73. The van der Waals surface area contributed by atoms with Gasteiger partial charge in [0.05, 0.1) is 12.2 Å². The van der Waals surface area contributed by atoms with Crippen LogP contribution in [0.2, 0.25) is 0 Å². The Balaban J connectivity index is 2.51. The quantitative estimate of drug-likeness (QED) is 0.681. The zero-order valence-electron chi connectivity index (χ0n) is 8.81. The van der Waals surface area contributed by atoms with Gasteiger partial charge in [0.2, 0.25) is 0 Å². The van der Waals surface area contributed by atoms with Crippen molar-refractivity contribution < 1.29 is 4.74 Å². The summed E-state index contributed by atoms with van der Waals surface area (Å²) in [5.74, 6) is 0. The minimum atomic E-state index is 0.0820. The van der Waals surface area contributed by atoms with Gasteiger partial charge in [-0.1, -0.05) is 18.6 Å². The van der Waals surface area contributed by atoms with Gasteiger partial charge in [0, 0.05) is 0 Å². The van der Waals surface area contributed by atoms with E-state index in [-0.39, 0.29) is 5.60 Å². The van der Waals surface area contributed by atoms with Gasteiger partial charge in [-0.25, -0.2) is 0 Å². The highest BCUT2D eigenvalue weighted by atomic mass is 16.5. The van der Waals surface area contributed by atoms with Crippen molar-refractivity contribution in [2.75, 3.05) is 13.2 Å². The Kier molecular flexibility index (Phi) is 3.94. The van der Waals surface area contributed by atoms with E-state index >= 15 is 0 Å². The standard InChI is InChI=1S/C11H21NO/c1-3-11(2)9-10(5-4-7-12)6-8-13-11/h5H,3-4,6-9,12H2,1-2H3. The molecule has 1 saturated heterocycles. The third-order valence-corrected chi connectivity index (χ3v) is 2.82. The molecule has 0 aromatic carbocycles. The lowest BCUT2D eigenvalue weighted by Gasteiger charge is -2.34. The molecular weight excluding hydrogens is 162 g/mol. The SMILES string of the molecule is CCC1(C)CC(=CCCN)CCO1. The molecule has 2 nitrogen and oxygen atoms in total. The smallest absolute Gasteiger partial charge is 0.0689 e. The van der Waals surface area contributed by atoms with Crippen LogP contribution in [-0.2, 0) is 4.74 Å². The summed E-state index contributed by atoms with van der Waals surface area (Å²) in [6, 6.07) is 0. The first-order chi connectivity index (χ1) is 6.20. The Bertz CT molecular complexity index is 189. The summed E-state index contributed by atoms with van der Waals surface area (Å²) < 4.78 is 5.75. The molecule has 1 aliphatic heterocycles.